The SMILES string of the molecule is COc1ccc(C(O)=C2C(=O)C(=O)N(CCN(C)C)[C@H]2c2cccc([N+](=O)[O-])c2)cc1C. The minimum Gasteiger partial charge on any atom is -0.507 e. The maximum absolute atomic E-state index is 13.0. The van der Waals surface area contributed by atoms with Crippen molar-refractivity contribution in [3.63, 3.8) is 0 Å². The molecule has 1 N–H and O–H groups in total. The molecule has 1 saturated heterocycles. The van der Waals surface area contributed by atoms with E-state index in [-0.39, 0.29) is 23.6 Å². The third-order valence-electron chi connectivity index (χ3n) is 5.39. The molecule has 1 amide bonds. The quantitative estimate of drug-likeness (QED) is 0.232. The number of aryl methyl sites for hydroxylation is 1. The van der Waals surface area contributed by atoms with Gasteiger partial charge in [0.1, 0.15) is 11.5 Å². The van der Waals surface area contributed by atoms with Crippen LogP contribution in [0.2, 0.25) is 0 Å². The Hall–Kier alpha value is -3.72. The molecule has 1 fully saturated rings. The minimum atomic E-state index is -0.947. The molecule has 0 aliphatic carbocycles. The summed E-state index contributed by atoms with van der Waals surface area (Å²) in [6, 6.07) is 9.74. The van der Waals surface area contributed by atoms with Gasteiger partial charge in [0.05, 0.1) is 23.6 Å². The Morgan fingerprint density at radius 2 is 1.94 bits per heavy atom. The molecular formula is C23H25N3O6. The van der Waals surface area contributed by atoms with Crippen molar-refractivity contribution in [2.45, 2.75) is 13.0 Å². The summed E-state index contributed by atoms with van der Waals surface area (Å²) < 4.78 is 5.25. The van der Waals surface area contributed by atoms with Crippen molar-refractivity contribution in [1.82, 2.24) is 9.80 Å². The van der Waals surface area contributed by atoms with Crippen LogP contribution in [0.15, 0.2) is 48.0 Å². The Morgan fingerprint density at radius 3 is 2.53 bits per heavy atom. The molecule has 1 atom stereocenters. The number of carbonyl (C=O) groups is 2. The fourth-order valence-corrected chi connectivity index (χ4v) is 3.75. The molecule has 2 aromatic carbocycles. The largest absolute Gasteiger partial charge is 0.507 e. The number of benzene rings is 2. The maximum atomic E-state index is 13.0. The van der Waals surface area contributed by atoms with Gasteiger partial charge < -0.3 is 19.6 Å². The van der Waals surface area contributed by atoms with Gasteiger partial charge in [0.25, 0.3) is 17.4 Å². The number of aliphatic hydroxyl groups is 1. The molecular weight excluding hydrogens is 414 g/mol. The average molecular weight is 439 g/mol. The lowest BCUT2D eigenvalue weighted by atomic mass is 9.94. The van der Waals surface area contributed by atoms with E-state index in [9.17, 15) is 24.8 Å². The molecule has 0 saturated carbocycles. The van der Waals surface area contributed by atoms with Crippen LogP contribution in [-0.4, -0.2) is 65.8 Å². The number of ketones is 1. The van der Waals surface area contributed by atoms with E-state index >= 15 is 0 Å². The zero-order valence-electron chi connectivity index (χ0n) is 18.4. The van der Waals surface area contributed by atoms with Gasteiger partial charge in [-0.25, -0.2) is 0 Å². The number of aliphatic hydroxyl groups excluding tert-OH is 1. The highest BCUT2D eigenvalue weighted by Gasteiger charge is 2.46. The van der Waals surface area contributed by atoms with Gasteiger partial charge >= 0.3 is 0 Å². The molecule has 1 aliphatic heterocycles. The van der Waals surface area contributed by atoms with Gasteiger partial charge in [-0.3, -0.25) is 19.7 Å². The molecule has 2 aromatic rings. The maximum Gasteiger partial charge on any atom is 0.295 e. The second kappa shape index (κ2) is 9.19. The second-order valence-electron chi connectivity index (χ2n) is 7.83. The number of hydrogen-bond acceptors (Lipinski definition) is 7. The number of amides is 1. The van der Waals surface area contributed by atoms with Crippen LogP contribution in [0, 0.1) is 17.0 Å². The summed E-state index contributed by atoms with van der Waals surface area (Å²) in [6.45, 7) is 2.48. The average Bonchev–Trinajstić information content (AvgIpc) is 3.01. The number of nitrogens with zero attached hydrogens (tertiary/aromatic N) is 3. The van der Waals surface area contributed by atoms with Crippen LogP contribution in [0.25, 0.3) is 5.76 Å². The van der Waals surface area contributed by atoms with Crippen molar-refractivity contribution < 1.29 is 24.4 Å². The lowest BCUT2D eigenvalue weighted by Crippen LogP contribution is -2.35. The molecule has 0 spiro atoms. The van der Waals surface area contributed by atoms with Crippen molar-refractivity contribution in [1.29, 1.82) is 0 Å². The van der Waals surface area contributed by atoms with Crippen molar-refractivity contribution in [3.05, 3.63) is 74.8 Å². The van der Waals surface area contributed by atoms with E-state index in [0.717, 1.165) is 5.56 Å². The van der Waals surface area contributed by atoms with Crippen LogP contribution in [0.3, 0.4) is 0 Å². The van der Waals surface area contributed by atoms with E-state index in [4.69, 9.17) is 4.74 Å². The second-order valence-corrected chi connectivity index (χ2v) is 7.83. The Kier molecular flexibility index (Phi) is 6.59. The van der Waals surface area contributed by atoms with Crippen LogP contribution >= 0.6 is 0 Å². The highest BCUT2D eigenvalue weighted by atomic mass is 16.6. The van der Waals surface area contributed by atoms with Gasteiger partial charge in [0.15, 0.2) is 0 Å². The van der Waals surface area contributed by atoms with Crippen molar-refractivity contribution >= 4 is 23.1 Å². The summed E-state index contributed by atoms with van der Waals surface area (Å²) in [5.41, 5.74) is 1.21. The number of hydrogen-bond donors (Lipinski definition) is 1. The highest BCUT2D eigenvalue weighted by molar-refractivity contribution is 6.46. The standard InChI is InChI=1S/C23H25N3O6/c1-14-12-16(8-9-18(14)32-4)21(27)19-20(15-6-5-7-17(13-15)26(30)31)25(11-10-24(2)3)23(29)22(19)28/h5-9,12-13,20,27H,10-11H2,1-4H3/t20-/m0/s1. The fraction of sp³-hybridized carbons (Fsp3) is 0.304. The lowest BCUT2D eigenvalue weighted by molar-refractivity contribution is -0.384. The monoisotopic (exact) mass is 439 g/mol. The number of nitro groups is 1. The Bertz CT molecular complexity index is 1110. The molecule has 0 unspecified atom stereocenters. The van der Waals surface area contributed by atoms with E-state index in [1.54, 1.807) is 31.2 Å². The molecule has 0 radical (unpaired) electrons. The summed E-state index contributed by atoms with van der Waals surface area (Å²) in [6.07, 6.45) is 0. The third-order valence-corrected chi connectivity index (χ3v) is 5.39. The lowest BCUT2D eigenvalue weighted by Gasteiger charge is -2.26. The first-order chi connectivity index (χ1) is 15.1. The van der Waals surface area contributed by atoms with Crippen LogP contribution in [0.5, 0.6) is 5.75 Å². The number of non-ortho nitro benzene ring substituents is 1. The summed E-state index contributed by atoms with van der Waals surface area (Å²) in [7, 11) is 5.19. The number of ether oxygens (including phenoxy) is 1. The van der Waals surface area contributed by atoms with Gasteiger partial charge in [0.2, 0.25) is 0 Å². The van der Waals surface area contributed by atoms with E-state index in [0.29, 0.717) is 23.4 Å². The van der Waals surface area contributed by atoms with Gasteiger partial charge in [-0.05, 0) is 50.3 Å². The smallest absolute Gasteiger partial charge is 0.295 e. The first-order valence-corrected chi connectivity index (χ1v) is 9.98. The first-order valence-electron chi connectivity index (χ1n) is 9.98. The number of methoxy groups -OCH3 is 1. The number of likely N-dealkylation sites (N-methyl/N-ethyl adjacent to an activating group) is 1. The predicted octanol–water partition coefficient (Wildman–Crippen LogP) is 2.90. The fourth-order valence-electron chi connectivity index (χ4n) is 3.75. The normalized spacial score (nSPS) is 17.8. The first kappa shape index (κ1) is 23.0. The van der Waals surface area contributed by atoms with E-state index in [1.807, 2.05) is 19.0 Å². The molecule has 0 bridgehead atoms. The summed E-state index contributed by atoms with van der Waals surface area (Å²) in [5.74, 6) is -1.30. The zero-order chi connectivity index (χ0) is 23.6. The van der Waals surface area contributed by atoms with E-state index in [2.05, 4.69) is 0 Å². The number of Topliss-reactive ketones (excluding diaryl/α,β-unsaturated/α-hetero) is 1. The molecule has 1 heterocycles. The Morgan fingerprint density at radius 1 is 1.22 bits per heavy atom. The molecule has 0 aromatic heterocycles. The van der Waals surface area contributed by atoms with Crippen molar-refractivity contribution in [3.8, 4) is 5.75 Å². The summed E-state index contributed by atoms with van der Waals surface area (Å²) >= 11 is 0. The number of likely N-dealkylation sites (tertiary alicyclic amines) is 1. The summed E-state index contributed by atoms with van der Waals surface area (Å²) in [5, 5.41) is 22.4. The van der Waals surface area contributed by atoms with Crippen molar-refractivity contribution in [2.75, 3.05) is 34.3 Å². The van der Waals surface area contributed by atoms with E-state index < -0.39 is 22.7 Å². The minimum absolute atomic E-state index is 0.0983. The number of carbonyl (C=O) groups excluding carboxylic acids is 2. The predicted molar refractivity (Wildman–Crippen MR) is 118 cm³/mol. The molecule has 32 heavy (non-hydrogen) atoms. The van der Waals surface area contributed by atoms with Crippen LogP contribution < -0.4 is 4.74 Å². The molecule has 9 nitrogen and oxygen atoms in total. The van der Waals surface area contributed by atoms with Gasteiger partial charge in [-0.1, -0.05) is 12.1 Å². The van der Waals surface area contributed by atoms with Gasteiger partial charge in [-0.2, -0.15) is 0 Å². The molecule has 168 valence electrons. The number of nitro benzene ring substituents is 1. The van der Waals surface area contributed by atoms with E-state index in [1.165, 1.54) is 30.2 Å². The number of rotatable bonds is 7. The van der Waals surface area contributed by atoms with Gasteiger partial charge in [0, 0.05) is 30.8 Å². The molecule has 3 rings (SSSR count). The highest BCUT2D eigenvalue weighted by Crippen LogP contribution is 2.40. The van der Waals surface area contributed by atoms with Crippen molar-refractivity contribution in [2.24, 2.45) is 0 Å². The Labute approximate surface area is 185 Å². The third kappa shape index (κ3) is 4.33. The molecule has 9 heteroatoms. The Balaban J connectivity index is 2.19. The topological polar surface area (TPSA) is 113 Å². The van der Waals surface area contributed by atoms with Crippen LogP contribution in [0.4, 0.5) is 5.69 Å². The van der Waals surface area contributed by atoms with Crippen LogP contribution in [-0.2, 0) is 9.59 Å². The zero-order valence-corrected chi connectivity index (χ0v) is 18.4. The van der Waals surface area contributed by atoms with Crippen LogP contribution in [0.1, 0.15) is 22.7 Å². The summed E-state index contributed by atoms with van der Waals surface area (Å²) in [4.78, 5) is 39.9. The van der Waals surface area contributed by atoms with Gasteiger partial charge in [-0.15, -0.1) is 0 Å². The molecule has 1 aliphatic rings.